The van der Waals surface area contributed by atoms with Crippen LogP contribution in [0.1, 0.15) is 34.6 Å². The summed E-state index contributed by atoms with van der Waals surface area (Å²) in [5.74, 6) is 0. The third-order valence-corrected chi connectivity index (χ3v) is 0.721. The molecule has 12 heavy (non-hydrogen) atoms. The number of hydrogen-bond donors (Lipinski definition) is 0. The number of carbonyl (C=O) groups is 1. The summed E-state index contributed by atoms with van der Waals surface area (Å²) in [6, 6.07) is 0. The molecular weight excluding hydrogens is 160 g/mol. The molecule has 4 nitrogen and oxygen atoms in total. The lowest BCUT2D eigenvalue weighted by Crippen LogP contribution is -2.25. The van der Waals surface area contributed by atoms with Crippen molar-refractivity contribution in [3.05, 3.63) is 0 Å². The number of hydrogen-bond acceptors (Lipinski definition) is 3. The summed E-state index contributed by atoms with van der Waals surface area (Å²) in [5.41, 5.74) is -0.466. The van der Waals surface area contributed by atoms with Crippen LogP contribution in [0.25, 0.3) is 0 Å². The molecule has 4 heteroatoms. The van der Waals surface area contributed by atoms with E-state index in [2.05, 4.69) is 0 Å². The Morgan fingerprint density at radius 2 is 1.67 bits per heavy atom. The first-order chi connectivity index (χ1) is 4.81. The van der Waals surface area contributed by atoms with Crippen molar-refractivity contribution in [3.8, 4) is 0 Å². The average molecular weight is 178 g/mol. The van der Waals surface area contributed by atoms with Crippen LogP contribution in [0.2, 0.25) is 0 Å². The number of ether oxygens (including phenoxy) is 2. The van der Waals surface area contributed by atoms with Crippen LogP contribution in [-0.2, 0) is 9.47 Å². The Morgan fingerprint density at radius 3 is 1.92 bits per heavy atom. The Kier molecular flexibility index (Phi) is 5.72. The molecule has 0 heterocycles. The van der Waals surface area contributed by atoms with Gasteiger partial charge in [0.05, 0.1) is 6.10 Å². The molecule has 0 aliphatic rings. The lowest BCUT2D eigenvalue weighted by atomic mass is 10.2. The van der Waals surface area contributed by atoms with Crippen molar-refractivity contribution in [2.24, 2.45) is 0 Å². The molecule has 0 fully saturated rings. The third kappa shape index (κ3) is 9.23. The lowest BCUT2D eigenvalue weighted by molar-refractivity contribution is -0.0199. The van der Waals surface area contributed by atoms with E-state index >= 15 is 0 Å². The molecule has 74 valence electrons. The van der Waals surface area contributed by atoms with Crippen LogP contribution in [-0.4, -0.2) is 23.3 Å². The van der Waals surface area contributed by atoms with Crippen molar-refractivity contribution in [2.75, 3.05) is 0 Å². The second kappa shape index (κ2) is 4.98. The van der Waals surface area contributed by atoms with Gasteiger partial charge in [-0.15, -0.1) is 0 Å². The Balaban J connectivity index is 0. The zero-order valence-corrected chi connectivity index (χ0v) is 8.30. The standard InChI is InChI=1S/C8H16O3.H2O/c1-6(2)10-7(9)11-8(3,4)5;/h6H,1-5H3;1H2. The Morgan fingerprint density at radius 1 is 1.25 bits per heavy atom. The number of carbonyl (C=O) groups excluding carboxylic acids is 1. The molecule has 0 aliphatic heterocycles. The van der Waals surface area contributed by atoms with Gasteiger partial charge in [0.1, 0.15) is 5.60 Å². The fourth-order valence-corrected chi connectivity index (χ4v) is 0.467. The van der Waals surface area contributed by atoms with Gasteiger partial charge in [0.2, 0.25) is 0 Å². The zero-order valence-electron chi connectivity index (χ0n) is 8.30. The van der Waals surface area contributed by atoms with Gasteiger partial charge in [0.15, 0.2) is 0 Å². The minimum absolute atomic E-state index is 0. The van der Waals surface area contributed by atoms with Crippen molar-refractivity contribution in [1.82, 2.24) is 0 Å². The van der Waals surface area contributed by atoms with Crippen molar-refractivity contribution >= 4 is 6.16 Å². The Labute approximate surface area is 73.2 Å². The van der Waals surface area contributed by atoms with E-state index in [9.17, 15) is 4.79 Å². The molecule has 0 amide bonds. The van der Waals surface area contributed by atoms with Crippen LogP contribution in [0.5, 0.6) is 0 Å². The van der Waals surface area contributed by atoms with E-state index in [1.807, 2.05) is 0 Å². The Hall–Kier alpha value is -0.770. The van der Waals surface area contributed by atoms with Crippen LogP contribution < -0.4 is 0 Å². The molecule has 0 radical (unpaired) electrons. The maximum Gasteiger partial charge on any atom is 0.509 e. The summed E-state index contributed by atoms with van der Waals surface area (Å²) in [6.45, 7) is 8.96. The minimum atomic E-state index is -0.604. The van der Waals surface area contributed by atoms with Crippen LogP contribution in [0, 0.1) is 0 Å². The predicted octanol–water partition coefficient (Wildman–Crippen LogP) is 1.52. The fourth-order valence-electron chi connectivity index (χ4n) is 0.467. The summed E-state index contributed by atoms with van der Waals surface area (Å²) >= 11 is 0. The molecule has 0 bridgehead atoms. The first-order valence-electron chi connectivity index (χ1n) is 3.71. The molecule has 0 saturated heterocycles. The minimum Gasteiger partial charge on any atom is -0.432 e. The highest BCUT2D eigenvalue weighted by Gasteiger charge is 2.17. The van der Waals surface area contributed by atoms with Gasteiger partial charge >= 0.3 is 6.16 Å². The van der Waals surface area contributed by atoms with E-state index in [1.54, 1.807) is 34.6 Å². The molecule has 0 rings (SSSR count). The lowest BCUT2D eigenvalue weighted by Gasteiger charge is -2.19. The fraction of sp³-hybridized carbons (Fsp3) is 0.875. The SMILES string of the molecule is CC(C)OC(=O)OC(C)(C)C.O. The summed E-state index contributed by atoms with van der Waals surface area (Å²) < 4.78 is 9.65. The van der Waals surface area contributed by atoms with E-state index in [0.717, 1.165) is 0 Å². The number of rotatable bonds is 1. The predicted molar refractivity (Wildman–Crippen MR) is 46.1 cm³/mol. The van der Waals surface area contributed by atoms with E-state index < -0.39 is 11.8 Å². The summed E-state index contributed by atoms with van der Waals surface area (Å²) in [5, 5.41) is 0. The van der Waals surface area contributed by atoms with Crippen LogP contribution >= 0.6 is 0 Å². The third-order valence-electron chi connectivity index (χ3n) is 0.721. The van der Waals surface area contributed by atoms with E-state index in [0.29, 0.717) is 0 Å². The molecule has 0 spiro atoms. The smallest absolute Gasteiger partial charge is 0.432 e. The highest BCUT2D eigenvalue weighted by atomic mass is 16.7. The monoisotopic (exact) mass is 178 g/mol. The molecule has 0 aromatic rings. The van der Waals surface area contributed by atoms with Crippen LogP contribution in [0.3, 0.4) is 0 Å². The molecular formula is C8H18O4. The second-order valence-corrected chi connectivity index (χ2v) is 3.63. The summed E-state index contributed by atoms with van der Waals surface area (Å²) in [6.07, 6.45) is -0.725. The van der Waals surface area contributed by atoms with Crippen LogP contribution in [0.15, 0.2) is 0 Å². The maximum absolute atomic E-state index is 10.8. The van der Waals surface area contributed by atoms with Gasteiger partial charge in [0.25, 0.3) is 0 Å². The summed E-state index contributed by atoms with van der Waals surface area (Å²) in [4.78, 5) is 10.8. The van der Waals surface area contributed by atoms with Gasteiger partial charge < -0.3 is 14.9 Å². The highest BCUT2D eigenvalue weighted by Crippen LogP contribution is 2.08. The molecule has 0 aromatic heterocycles. The van der Waals surface area contributed by atoms with Gasteiger partial charge in [-0.2, -0.15) is 0 Å². The Bertz CT molecular complexity index is 134. The largest absolute Gasteiger partial charge is 0.509 e. The van der Waals surface area contributed by atoms with Crippen molar-refractivity contribution in [1.29, 1.82) is 0 Å². The van der Waals surface area contributed by atoms with Gasteiger partial charge in [-0.05, 0) is 34.6 Å². The van der Waals surface area contributed by atoms with E-state index in [1.165, 1.54) is 0 Å². The topological polar surface area (TPSA) is 67.0 Å². The quantitative estimate of drug-likeness (QED) is 0.572. The first kappa shape index (κ1) is 13.8. The molecule has 2 N–H and O–H groups in total. The molecule has 0 unspecified atom stereocenters. The van der Waals surface area contributed by atoms with E-state index in [4.69, 9.17) is 9.47 Å². The molecule has 0 saturated carbocycles. The molecule has 0 aliphatic carbocycles. The van der Waals surface area contributed by atoms with Crippen molar-refractivity contribution in [3.63, 3.8) is 0 Å². The summed E-state index contributed by atoms with van der Waals surface area (Å²) in [7, 11) is 0. The van der Waals surface area contributed by atoms with Gasteiger partial charge in [-0.1, -0.05) is 0 Å². The molecule has 0 atom stereocenters. The first-order valence-corrected chi connectivity index (χ1v) is 3.71. The van der Waals surface area contributed by atoms with Gasteiger partial charge in [-0.3, -0.25) is 0 Å². The maximum atomic E-state index is 10.8. The van der Waals surface area contributed by atoms with Crippen molar-refractivity contribution in [2.45, 2.75) is 46.3 Å². The van der Waals surface area contributed by atoms with E-state index in [-0.39, 0.29) is 11.6 Å². The zero-order chi connectivity index (χ0) is 9.07. The van der Waals surface area contributed by atoms with Crippen LogP contribution in [0.4, 0.5) is 4.79 Å². The van der Waals surface area contributed by atoms with Gasteiger partial charge in [0, 0.05) is 0 Å². The molecule has 0 aromatic carbocycles. The highest BCUT2D eigenvalue weighted by molar-refractivity contribution is 5.60. The normalized spacial score (nSPS) is 10.5. The average Bonchev–Trinajstić information content (AvgIpc) is 1.53. The second-order valence-electron chi connectivity index (χ2n) is 3.63. The van der Waals surface area contributed by atoms with Crippen molar-refractivity contribution < 1.29 is 19.7 Å². The van der Waals surface area contributed by atoms with Gasteiger partial charge in [-0.25, -0.2) is 4.79 Å².